The summed E-state index contributed by atoms with van der Waals surface area (Å²) in [5, 5.41) is 0. The van der Waals surface area contributed by atoms with Crippen molar-refractivity contribution in [2.75, 3.05) is 0 Å². The third kappa shape index (κ3) is 3.62. The first-order valence-corrected chi connectivity index (χ1v) is 7.43. The van der Waals surface area contributed by atoms with Gasteiger partial charge >= 0.3 is 0 Å². The topological polar surface area (TPSA) is 17.1 Å². The van der Waals surface area contributed by atoms with Crippen LogP contribution < -0.4 is 0 Å². The predicted octanol–water partition coefficient (Wildman–Crippen LogP) is 5.55. The molecule has 22 heavy (non-hydrogen) atoms. The summed E-state index contributed by atoms with van der Waals surface area (Å²) in [7, 11) is 0. The van der Waals surface area contributed by atoms with Crippen LogP contribution in [0.3, 0.4) is 0 Å². The zero-order chi connectivity index (χ0) is 16.3. The number of allylic oxidation sites excluding steroid dienone is 2. The first-order chi connectivity index (χ1) is 10.4. The molecule has 0 spiro atoms. The molecule has 0 atom stereocenters. The summed E-state index contributed by atoms with van der Waals surface area (Å²) in [6.45, 7) is 13.7. The molecule has 0 heterocycles. The second-order valence-electron chi connectivity index (χ2n) is 5.87. The van der Waals surface area contributed by atoms with Crippen LogP contribution in [0.1, 0.15) is 53.4 Å². The molecule has 2 aromatic carbocycles. The lowest BCUT2D eigenvalue weighted by atomic mass is 9.92. The van der Waals surface area contributed by atoms with E-state index in [4.69, 9.17) is 0 Å². The molecule has 0 aromatic heterocycles. The fraction of sp³-hybridized carbons (Fsp3) is 0.190. The Hall–Kier alpha value is -2.41. The van der Waals surface area contributed by atoms with Gasteiger partial charge in [-0.3, -0.25) is 4.79 Å². The molecule has 0 saturated heterocycles. The highest BCUT2D eigenvalue weighted by Gasteiger charge is 2.08. The van der Waals surface area contributed by atoms with Gasteiger partial charge in [-0.05, 0) is 55.5 Å². The van der Waals surface area contributed by atoms with E-state index in [2.05, 4.69) is 37.4 Å². The quantitative estimate of drug-likeness (QED) is 0.660. The Kier molecular flexibility index (Phi) is 4.77. The monoisotopic (exact) mass is 290 g/mol. The Morgan fingerprint density at radius 1 is 0.909 bits per heavy atom. The molecule has 0 saturated carbocycles. The van der Waals surface area contributed by atoms with Gasteiger partial charge in [-0.15, -0.1) is 0 Å². The third-order valence-corrected chi connectivity index (χ3v) is 3.79. The zero-order valence-corrected chi connectivity index (χ0v) is 13.6. The van der Waals surface area contributed by atoms with E-state index >= 15 is 0 Å². The van der Waals surface area contributed by atoms with Crippen molar-refractivity contribution in [3.63, 3.8) is 0 Å². The molecule has 0 bridgehead atoms. The van der Waals surface area contributed by atoms with Crippen molar-refractivity contribution in [2.45, 2.75) is 27.2 Å². The minimum absolute atomic E-state index is 0.0951. The fourth-order valence-electron chi connectivity index (χ4n) is 2.54. The smallest absolute Gasteiger partial charge is 0.159 e. The molecule has 0 unspecified atom stereocenters. The van der Waals surface area contributed by atoms with Gasteiger partial charge in [-0.2, -0.15) is 0 Å². The van der Waals surface area contributed by atoms with Gasteiger partial charge in [0.1, 0.15) is 0 Å². The van der Waals surface area contributed by atoms with Gasteiger partial charge in [0.25, 0.3) is 0 Å². The summed E-state index contributed by atoms with van der Waals surface area (Å²) in [4.78, 5) is 11.5. The second kappa shape index (κ2) is 6.57. The van der Waals surface area contributed by atoms with Crippen LogP contribution in [0.4, 0.5) is 0 Å². The Morgan fingerprint density at radius 2 is 1.64 bits per heavy atom. The average molecular weight is 290 g/mol. The van der Waals surface area contributed by atoms with E-state index in [1.54, 1.807) is 6.92 Å². The van der Waals surface area contributed by atoms with E-state index in [1.807, 2.05) is 32.0 Å². The van der Waals surface area contributed by atoms with Crippen LogP contribution in [0.15, 0.2) is 55.6 Å². The minimum Gasteiger partial charge on any atom is -0.295 e. The third-order valence-electron chi connectivity index (χ3n) is 3.79. The minimum atomic E-state index is 0.0951. The molecule has 0 amide bonds. The molecule has 0 fully saturated rings. The molecular formula is C21H22O. The van der Waals surface area contributed by atoms with Crippen LogP contribution in [0.2, 0.25) is 0 Å². The van der Waals surface area contributed by atoms with Crippen molar-refractivity contribution in [1.29, 1.82) is 0 Å². The molecule has 2 rings (SSSR count). The maximum absolute atomic E-state index is 11.5. The van der Waals surface area contributed by atoms with Crippen LogP contribution in [0.25, 0.3) is 11.1 Å². The van der Waals surface area contributed by atoms with Crippen LogP contribution in [0.5, 0.6) is 0 Å². The lowest BCUT2D eigenvalue weighted by Gasteiger charge is -2.13. The van der Waals surface area contributed by atoms with Crippen LogP contribution in [0, 0.1) is 0 Å². The maximum atomic E-state index is 11.5. The Morgan fingerprint density at radius 3 is 2.23 bits per heavy atom. The van der Waals surface area contributed by atoms with Gasteiger partial charge in [-0.25, -0.2) is 0 Å². The Labute approximate surface area is 133 Å². The summed E-state index contributed by atoms with van der Waals surface area (Å²) in [5.41, 5.74) is 7.51. The van der Waals surface area contributed by atoms with Gasteiger partial charge in [-0.1, -0.05) is 60.7 Å². The lowest BCUT2D eigenvalue weighted by molar-refractivity contribution is 0.101. The summed E-state index contributed by atoms with van der Waals surface area (Å²) in [6, 6.07) is 14.2. The standard InChI is InChI=1S/C21H22O/c1-14(2)18-9-10-21(15(3)4)20(13-18)12-17-7-6-8-19(11-17)16(5)22/h6-11,13H,1,3,12H2,2,4-5H3. The molecule has 0 radical (unpaired) electrons. The highest BCUT2D eigenvalue weighted by Crippen LogP contribution is 2.25. The van der Waals surface area contributed by atoms with Crippen molar-refractivity contribution in [1.82, 2.24) is 0 Å². The molecule has 112 valence electrons. The maximum Gasteiger partial charge on any atom is 0.159 e. The van der Waals surface area contributed by atoms with E-state index in [0.717, 1.165) is 34.3 Å². The van der Waals surface area contributed by atoms with Gasteiger partial charge in [0, 0.05) is 5.56 Å². The number of carbonyl (C=O) groups is 1. The van der Waals surface area contributed by atoms with E-state index < -0.39 is 0 Å². The van der Waals surface area contributed by atoms with Crippen molar-refractivity contribution in [3.05, 3.63) is 83.4 Å². The largest absolute Gasteiger partial charge is 0.295 e. The number of ketones is 1. The summed E-state index contributed by atoms with van der Waals surface area (Å²) in [6.07, 6.45) is 0.782. The normalized spacial score (nSPS) is 10.3. The highest BCUT2D eigenvalue weighted by atomic mass is 16.1. The van der Waals surface area contributed by atoms with Gasteiger partial charge in [0.2, 0.25) is 0 Å². The Bertz CT molecular complexity index is 750. The number of hydrogen-bond acceptors (Lipinski definition) is 1. The fourth-order valence-corrected chi connectivity index (χ4v) is 2.54. The van der Waals surface area contributed by atoms with E-state index in [0.29, 0.717) is 0 Å². The molecular weight excluding hydrogens is 268 g/mol. The van der Waals surface area contributed by atoms with Crippen molar-refractivity contribution >= 4 is 16.9 Å². The highest BCUT2D eigenvalue weighted by molar-refractivity contribution is 5.94. The van der Waals surface area contributed by atoms with E-state index in [-0.39, 0.29) is 5.78 Å². The summed E-state index contributed by atoms with van der Waals surface area (Å²) >= 11 is 0. The van der Waals surface area contributed by atoms with Crippen molar-refractivity contribution in [3.8, 4) is 0 Å². The zero-order valence-electron chi connectivity index (χ0n) is 13.6. The summed E-state index contributed by atoms with van der Waals surface area (Å²) in [5.74, 6) is 0.0951. The van der Waals surface area contributed by atoms with Crippen molar-refractivity contribution in [2.24, 2.45) is 0 Å². The lowest BCUT2D eigenvalue weighted by Crippen LogP contribution is -1.98. The average Bonchev–Trinajstić information content (AvgIpc) is 2.47. The Balaban J connectivity index is 2.45. The molecule has 1 nitrogen and oxygen atoms in total. The second-order valence-corrected chi connectivity index (χ2v) is 5.87. The van der Waals surface area contributed by atoms with Crippen LogP contribution in [-0.4, -0.2) is 5.78 Å². The number of carbonyl (C=O) groups excluding carboxylic acids is 1. The molecule has 0 aliphatic rings. The number of Topliss-reactive ketones (excluding diaryl/α,β-unsaturated/α-hetero) is 1. The molecule has 0 aliphatic carbocycles. The van der Waals surface area contributed by atoms with Gasteiger partial charge < -0.3 is 0 Å². The van der Waals surface area contributed by atoms with Crippen LogP contribution in [-0.2, 0) is 6.42 Å². The number of hydrogen-bond donors (Lipinski definition) is 0. The molecule has 1 heteroatoms. The molecule has 2 aromatic rings. The molecule has 0 N–H and O–H groups in total. The van der Waals surface area contributed by atoms with E-state index in [9.17, 15) is 4.79 Å². The first kappa shape index (κ1) is 16.0. The first-order valence-electron chi connectivity index (χ1n) is 7.43. The number of rotatable bonds is 5. The van der Waals surface area contributed by atoms with Gasteiger partial charge in [0.15, 0.2) is 5.78 Å². The number of benzene rings is 2. The van der Waals surface area contributed by atoms with Crippen LogP contribution >= 0.6 is 0 Å². The SMILES string of the molecule is C=C(C)c1ccc(C(=C)C)c(Cc2cccc(C(C)=O)c2)c1. The van der Waals surface area contributed by atoms with Crippen molar-refractivity contribution < 1.29 is 4.79 Å². The van der Waals surface area contributed by atoms with E-state index in [1.165, 1.54) is 11.1 Å². The molecule has 0 aliphatic heterocycles. The summed E-state index contributed by atoms with van der Waals surface area (Å²) < 4.78 is 0. The predicted molar refractivity (Wildman–Crippen MR) is 95.1 cm³/mol. The van der Waals surface area contributed by atoms with Gasteiger partial charge in [0.05, 0.1) is 0 Å².